The zero-order valence-corrected chi connectivity index (χ0v) is 24.5. The molecule has 0 saturated carbocycles. The SMILES string of the molecule is CCC(O)c1ccnc2c(-c3ccc(OC)nc3)c(-c3ccnc(NC(C)=O)c3)n(COCC[Si](C)(C)C)c12. The van der Waals surface area contributed by atoms with Crippen molar-refractivity contribution in [1.82, 2.24) is 19.5 Å². The van der Waals surface area contributed by atoms with Gasteiger partial charge in [0, 0.05) is 68.5 Å². The van der Waals surface area contributed by atoms with Gasteiger partial charge in [0.25, 0.3) is 0 Å². The van der Waals surface area contributed by atoms with Crippen LogP contribution in [-0.2, 0) is 16.3 Å². The van der Waals surface area contributed by atoms with E-state index in [1.165, 1.54) is 6.92 Å². The summed E-state index contributed by atoms with van der Waals surface area (Å²) in [5.74, 6) is 0.743. The molecule has 1 unspecified atom stereocenters. The molecule has 0 aliphatic rings. The van der Waals surface area contributed by atoms with Gasteiger partial charge in [-0.1, -0.05) is 26.6 Å². The number of hydrogen-bond acceptors (Lipinski definition) is 7. The first-order valence-corrected chi connectivity index (χ1v) is 16.8. The van der Waals surface area contributed by atoms with E-state index in [4.69, 9.17) is 14.5 Å². The average molecular weight is 548 g/mol. The first-order chi connectivity index (χ1) is 18.6. The third-order valence-electron chi connectivity index (χ3n) is 6.50. The maximum absolute atomic E-state index is 11.8. The average Bonchev–Trinajstić information content (AvgIpc) is 3.24. The van der Waals surface area contributed by atoms with Gasteiger partial charge in [0.15, 0.2) is 0 Å². The highest BCUT2D eigenvalue weighted by Crippen LogP contribution is 2.43. The molecule has 4 aromatic heterocycles. The molecule has 4 rings (SSSR count). The summed E-state index contributed by atoms with van der Waals surface area (Å²) in [6.07, 6.45) is 5.03. The molecule has 0 aliphatic carbocycles. The van der Waals surface area contributed by atoms with Crippen molar-refractivity contribution in [1.29, 1.82) is 0 Å². The van der Waals surface area contributed by atoms with E-state index in [0.717, 1.165) is 45.0 Å². The van der Waals surface area contributed by atoms with E-state index in [1.54, 1.807) is 25.7 Å². The predicted octanol–water partition coefficient (Wildman–Crippen LogP) is 5.88. The van der Waals surface area contributed by atoms with E-state index < -0.39 is 14.2 Å². The van der Waals surface area contributed by atoms with Crippen molar-refractivity contribution in [2.75, 3.05) is 19.0 Å². The Morgan fingerprint density at radius 1 is 1.10 bits per heavy atom. The molecular formula is C29H37N5O4Si. The summed E-state index contributed by atoms with van der Waals surface area (Å²) in [5, 5.41) is 13.8. The van der Waals surface area contributed by atoms with E-state index in [0.29, 0.717) is 24.7 Å². The Bertz CT molecular complexity index is 1450. The van der Waals surface area contributed by atoms with Crippen LogP contribution in [0.5, 0.6) is 5.88 Å². The molecule has 0 spiro atoms. The molecule has 4 aromatic rings. The summed E-state index contributed by atoms with van der Waals surface area (Å²) < 4.78 is 13.7. The van der Waals surface area contributed by atoms with Gasteiger partial charge in [-0.3, -0.25) is 9.78 Å². The van der Waals surface area contributed by atoms with Crippen LogP contribution in [0.1, 0.15) is 31.9 Å². The molecular weight excluding hydrogens is 510 g/mol. The van der Waals surface area contributed by atoms with Crippen molar-refractivity contribution in [2.24, 2.45) is 0 Å². The molecule has 9 nitrogen and oxygen atoms in total. The number of anilines is 1. The molecule has 2 N–H and O–H groups in total. The van der Waals surface area contributed by atoms with Crippen LogP contribution < -0.4 is 10.1 Å². The second-order valence-electron chi connectivity index (χ2n) is 10.7. The smallest absolute Gasteiger partial charge is 0.222 e. The van der Waals surface area contributed by atoms with E-state index in [2.05, 4.69) is 39.5 Å². The molecule has 10 heteroatoms. The number of rotatable bonds is 11. The first-order valence-electron chi connectivity index (χ1n) is 13.1. The highest BCUT2D eigenvalue weighted by Gasteiger charge is 2.26. The van der Waals surface area contributed by atoms with Gasteiger partial charge in [-0.25, -0.2) is 9.97 Å². The monoisotopic (exact) mass is 547 g/mol. The molecule has 0 bridgehead atoms. The largest absolute Gasteiger partial charge is 0.481 e. The molecule has 0 aromatic carbocycles. The van der Waals surface area contributed by atoms with Crippen LogP contribution in [-0.4, -0.2) is 52.3 Å². The van der Waals surface area contributed by atoms with Crippen molar-refractivity contribution in [3.8, 4) is 28.3 Å². The minimum Gasteiger partial charge on any atom is -0.481 e. The third kappa shape index (κ3) is 6.52. The molecule has 0 radical (unpaired) electrons. The topological polar surface area (TPSA) is 111 Å². The quantitative estimate of drug-likeness (QED) is 0.178. The van der Waals surface area contributed by atoms with Crippen molar-refractivity contribution in [2.45, 2.75) is 58.8 Å². The Labute approximate surface area is 230 Å². The van der Waals surface area contributed by atoms with Gasteiger partial charge in [-0.15, -0.1) is 0 Å². The Hall–Kier alpha value is -3.60. The number of pyridine rings is 3. The predicted molar refractivity (Wildman–Crippen MR) is 156 cm³/mol. The standard InChI is InChI=1S/C29H37N5O4Si/c1-7-23(36)22-11-13-31-27-26(21-8-9-25(37-3)32-17-21)28(20-10-12-30-24(16-20)33-19(2)35)34(29(22)27)18-38-14-15-39(4,5)6/h8-13,16-17,23,36H,7,14-15,18H2,1-6H3,(H,30,33,35). The Balaban J connectivity index is 2.00. The minimum absolute atomic E-state index is 0.204. The molecule has 1 atom stereocenters. The Kier molecular flexibility index (Phi) is 8.79. The Morgan fingerprint density at radius 3 is 2.51 bits per heavy atom. The van der Waals surface area contributed by atoms with Crippen molar-refractivity contribution in [3.05, 3.63) is 54.5 Å². The van der Waals surface area contributed by atoms with Crippen molar-refractivity contribution in [3.63, 3.8) is 0 Å². The number of carbonyl (C=O) groups is 1. The number of aromatic nitrogens is 4. The van der Waals surface area contributed by atoms with Crippen LogP contribution in [0.3, 0.4) is 0 Å². The number of amides is 1. The second kappa shape index (κ2) is 12.1. The highest BCUT2D eigenvalue weighted by atomic mass is 28.3. The van der Waals surface area contributed by atoms with Gasteiger partial charge >= 0.3 is 0 Å². The molecule has 206 valence electrons. The van der Waals surface area contributed by atoms with Crippen LogP contribution in [0.15, 0.2) is 48.9 Å². The van der Waals surface area contributed by atoms with E-state index in [1.807, 2.05) is 37.3 Å². The fourth-order valence-corrected chi connectivity index (χ4v) is 5.25. The van der Waals surface area contributed by atoms with Gasteiger partial charge in [-0.2, -0.15) is 0 Å². The second-order valence-corrected chi connectivity index (χ2v) is 16.3. The molecule has 39 heavy (non-hydrogen) atoms. The molecule has 4 heterocycles. The van der Waals surface area contributed by atoms with Crippen molar-refractivity contribution >= 4 is 30.8 Å². The lowest BCUT2D eigenvalue weighted by Crippen LogP contribution is -2.22. The molecule has 0 saturated heterocycles. The first kappa shape index (κ1) is 28.4. The number of methoxy groups -OCH3 is 1. The highest BCUT2D eigenvalue weighted by molar-refractivity contribution is 6.76. The van der Waals surface area contributed by atoms with Crippen molar-refractivity contribution < 1.29 is 19.4 Å². The van der Waals surface area contributed by atoms with E-state index in [-0.39, 0.29) is 12.6 Å². The lowest BCUT2D eigenvalue weighted by molar-refractivity contribution is -0.114. The number of hydrogen-bond donors (Lipinski definition) is 2. The Morgan fingerprint density at radius 2 is 1.87 bits per heavy atom. The van der Waals surface area contributed by atoms with Gasteiger partial charge in [0.2, 0.25) is 11.8 Å². The van der Waals surface area contributed by atoms with Gasteiger partial charge in [0.1, 0.15) is 12.5 Å². The normalized spacial score (nSPS) is 12.5. The summed E-state index contributed by atoms with van der Waals surface area (Å²) in [5.41, 5.74) is 5.66. The number of ether oxygens (including phenoxy) is 2. The lowest BCUT2D eigenvalue weighted by Gasteiger charge is -2.18. The zero-order valence-electron chi connectivity index (χ0n) is 23.5. The fourth-order valence-electron chi connectivity index (χ4n) is 4.50. The minimum atomic E-state index is -1.30. The van der Waals surface area contributed by atoms with Crippen LogP contribution in [0.2, 0.25) is 25.7 Å². The maximum Gasteiger partial charge on any atom is 0.222 e. The number of nitrogens with one attached hydrogen (secondary N) is 1. The fraction of sp³-hybridized carbons (Fsp3) is 0.379. The number of aliphatic hydroxyl groups is 1. The number of aliphatic hydroxyl groups excluding tert-OH is 1. The third-order valence-corrected chi connectivity index (χ3v) is 8.21. The maximum atomic E-state index is 11.8. The van der Waals surface area contributed by atoms with Gasteiger partial charge < -0.3 is 24.5 Å². The molecule has 1 amide bonds. The zero-order chi connectivity index (χ0) is 28.2. The van der Waals surface area contributed by atoms with Crippen LogP contribution in [0.4, 0.5) is 5.82 Å². The molecule has 0 aliphatic heterocycles. The summed E-state index contributed by atoms with van der Waals surface area (Å²) in [6.45, 7) is 11.3. The summed E-state index contributed by atoms with van der Waals surface area (Å²) in [6, 6.07) is 10.4. The summed E-state index contributed by atoms with van der Waals surface area (Å²) in [4.78, 5) is 25.4. The van der Waals surface area contributed by atoms with E-state index in [9.17, 15) is 9.90 Å². The van der Waals surface area contributed by atoms with Gasteiger partial charge in [-0.05, 0) is 36.7 Å². The number of fused-ring (bicyclic) bond motifs is 1. The van der Waals surface area contributed by atoms with E-state index >= 15 is 0 Å². The summed E-state index contributed by atoms with van der Waals surface area (Å²) >= 11 is 0. The number of nitrogens with zero attached hydrogens (tertiary/aromatic N) is 4. The van der Waals surface area contributed by atoms with Crippen LogP contribution in [0.25, 0.3) is 33.4 Å². The summed E-state index contributed by atoms with van der Waals surface area (Å²) in [7, 11) is 0.285. The molecule has 0 fully saturated rings. The lowest BCUT2D eigenvalue weighted by atomic mass is 10.0. The van der Waals surface area contributed by atoms with Crippen LogP contribution >= 0.6 is 0 Å². The van der Waals surface area contributed by atoms with Gasteiger partial charge in [0.05, 0.1) is 29.9 Å². The number of carbonyl (C=O) groups excluding carboxylic acids is 1. The van der Waals surface area contributed by atoms with Crippen LogP contribution in [0, 0.1) is 0 Å².